The first-order chi connectivity index (χ1) is 13.3. The van der Waals surface area contributed by atoms with Crippen molar-refractivity contribution in [2.75, 3.05) is 11.9 Å². The van der Waals surface area contributed by atoms with Crippen molar-refractivity contribution >= 4 is 16.9 Å². The lowest BCUT2D eigenvalue weighted by Crippen LogP contribution is -2.15. The van der Waals surface area contributed by atoms with Gasteiger partial charge in [0.05, 0.1) is 24.6 Å². The maximum atomic E-state index is 9.81. The first-order valence-corrected chi connectivity index (χ1v) is 8.74. The molecule has 0 bridgehead atoms. The summed E-state index contributed by atoms with van der Waals surface area (Å²) in [5.74, 6) is 0.664. The van der Waals surface area contributed by atoms with E-state index in [0.717, 1.165) is 33.4 Å². The zero-order valence-corrected chi connectivity index (χ0v) is 14.6. The van der Waals surface area contributed by atoms with Crippen molar-refractivity contribution < 1.29 is 10.2 Å². The van der Waals surface area contributed by atoms with Gasteiger partial charge >= 0.3 is 0 Å². The SMILES string of the molecule is OCc1ccc(-c2cc3c(NC(CO)c4ccccc4)ncnc3[nH]2)cc1. The van der Waals surface area contributed by atoms with Crippen molar-refractivity contribution in [2.24, 2.45) is 0 Å². The van der Waals surface area contributed by atoms with Crippen LogP contribution in [0.5, 0.6) is 0 Å². The summed E-state index contributed by atoms with van der Waals surface area (Å²) in [6.45, 7) is -0.0238. The van der Waals surface area contributed by atoms with Gasteiger partial charge in [-0.15, -0.1) is 0 Å². The fourth-order valence-corrected chi connectivity index (χ4v) is 3.08. The van der Waals surface area contributed by atoms with Gasteiger partial charge in [0.1, 0.15) is 17.8 Å². The van der Waals surface area contributed by atoms with Crippen LogP contribution >= 0.6 is 0 Å². The minimum Gasteiger partial charge on any atom is -0.394 e. The second kappa shape index (κ2) is 7.57. The summed E-state index contributed by atoms with van der Waals surface area (Å²) in [4.78, 5) is 12.0. The molecule has 1 unspecified atom stereocenters. The van der Waals surface area contributed by atoms with Gasteiger partial charge in [0.2, 0.25) is 0 Å². The number of aromatic amines is 1. The highest BCUT2D eigenvalue weighted by Crippen LogP contribution is 2.29. The third-order valence-corrected chi connectivity index (χ3v) is 4.57. The van der Waals surface area contributed by atoms with Gasteiger partial charge in [-0.2, -0.15) is 0 Å². The Morgan fingerprint density at radius 2 is 1.74 bits per heavy atom. The fourth-order valence-electron chi connectivity index (χ4n) is 3.08. The standard InChI is InChI=1S/C21H20N4O2/c26-11-14-6-8-16(9-7-14)18-10-17-20(24-18)22-13-23-21(17)25-19(12-27)15-4-2-1-3-5-15/h1-10,13,19,26-27H,11-12H2,(H2,22,23,24,25). The van der Waals surface area contributed by atoms with Gasteiger partial charge in [-0.3, -0.25) is 0 Å². The number of aromatic nitrogens is 3. The Balaban J connectivity index is 1.68. The Morgan fingerprint density at radius 1 is 0.963 bits per heavy atom. The molecule has 0 amide bonds. The zero-order valence-electron chi connectivity index (χ0n) is 14.6. The van der Waals surface area contributed by atoms with Crippen LogP contribution in [0.2, 0.25) is 0 Å². The fraction of sp³-hybridized carbons (Fsp3) is 0.143. The minimum atomic E-state index is -0.258. The molecule has 0 aliphatic heterocycles. The second-order valence-corrected chi connectivity index (χ2v) is 6.31. The quantitative estimate of drug-likeness (QED) is 0.423. The highest BCUT2D eigenvalue weighted by Gasteiger charge is 2.14. The summed E-state index contributed by atoms with van der Waals surface area (Å²) in [6.07, 6.45) is 1.50. The molecule has 136 valence electrons. The van der Waals surface area contributed by atoms with Crippen molar-refractivity contribution in [3.05, 3.63) is 78.1 Å². The van der Waals surface area contributed by atoms with Crippen LogP contribution in [-0.4, -0.2) is 31.8 Å². The first-order valence-electron chi connectivity index (χ1n) is 8.74. The van der Waals surface area contributed by atoms with Crippen molar-refractivity contribution in [1.29, 1.82) is 0 Å². The summed E-state index contributed by atoms with van der Waals surface area (Å²) < 4.78 is 0. The smallest absolute Gasteiger partial charge is 0.143 e. The first kappa shape index (κ1) is 17.2. The lowest BCUT2D eigenvalue weighted by Gasteiger charge is -2.17. The van der Waals surface area contributed by atoms with Gasteiger partial charge in [0, 0.05) is 5.69 Å². The highest BCUT2D eigenvalue weighted by molar-refractivity contribution is 5.91. The minimum absolute atomic E-state index is 0.0224. The summed E-state index contributed by atoms with van der Waals surface area (Å²) in [7, 11) is 0. The van der Waals surface area contributed by atoms with Crippen LogP contribution < -0.4 is 5.32 Å². The Bertz CT molecular complexity index is 1030. The van der Waals surface area contributed by atoms with Crippen molar-refractivity contribution in [2.45, 2.75) is 12.6 Å². The van der Waals surface area contributed by atoms with Gasteiger partial charge in [0.15, 0.2) is 0 Å². The van der Waals surface area contributed by atoms with Gasteiger partial charge in [0.25, 0.3) is 0 Å². The summed E-state index contributed by atoms with van der Waals surface area (Å²) in [5, 5.41) is 23.2. The number of aliphatic hydroxyl groups excluding tert-OH is 2. The Morgan fingerprint density at radius 3 is 2.44 bits per heavy atom. The van der Waals surface area contributed by atoms with E-state index in [1.807, 2.05) is 60.7 Å². The number of aliphatic hydroxyl groups is 2. The average molecular weight is 360 g/mol. The molecule has 1 atom stereocenters. The van der Waals surface area contributed by atoms with E-state index in [0.29, 0.717) is 5.82 Å². The van der Waals surface area contributed by atoms with Gasteiger partial charge < -0.3 is 20.5 Å². The number of nitrogens with one attached hydrogen (secondary N) is 2. The summed E-state index contributed by atoms with van der Waals surface area (Å²) in [6, 6.07) is 19.2. The monoisotopic (exact) mass is 360 g/mol. The molecule has 0 saturated heterocycles. The Kier molecular flexibility index (Phi) is 4.82. The van der Waals surface area contributed by atoms with Crippen LogP contribution in [0.25, 0.3) is 22.3 Å². The largest absolute Gasteiger partial charge is 0.394 e. The molecule has 2 heterocycles. The molecule has 4 aromatic rings. The number of H-pyrrole nitrogens is 1. The molecule has 0 spiro atoms. The lowest BCUT2D eigenvalue weighted by molar-refractivity contribution is 0.276. The maximum Gasteiger partial charge on any atom is 0.143 e. The highest BCUT2D eigenvalue weighted by atomic mass is 16.3. The van der Waals surface area contributed by atoms with E-state index in [1.165, 1.54) is 6.33 Å². The molecule has 27 heavy (non-hydrogen) atoms. The molecular formula is C21H20N4O2. The van der Waals surface area contributed by atoms with Crippen LogP contribution in [0.3, 0.4) is 0 Å². The number of rotatable bonds is 6. The van der Waals surface area contributed by atoms with E-state index in [9.17, 15) is 10.2 Å². The molecule has 0 radical (unpaired) electrons. The average Bonchev–Trinajstić information content (AvgIpc) is 3.18. The van der Waals surface area contributed by atoms with Crippen LogP contribution in [0.1, 0.15) is 17.2 Å². The third-order valence-electron chi connectivity index (χ3n) is 4.57. The molecule has 2 aromatic heterocycles. The number of fused-ring (bicyclic) bond motifs is 1. The molecule has 6 nitrogen and oxygen atoms in total. The Labute approximate surface area is 156 Å². The van der Waals surface area contributed by atoms with E-state index >= 15 is 0 Å². The normalized spacial score (nSPS) is 12.2. The maximum absolute atomic E-state index is 9.81. The Hall–Kier alpha value is -3.22. The van der Waals surface area contributed by atoms with Gasteiger partial charge in [-0.25, -0.2) is 9.97 Å². The van der Waals surface area contributed by atoms with E-state index in [-0.39, 0.29) is 19.3 Å². The van der Waals surface area contributed by atoms with E-state index in [4.69, 9.17) is 0 Å². The second-order valence-electron chi connectivity index (χ2n) is 6.31. The molecule has 0 fully saturated rings. The van der Waals surface area contributed by atoms with E-state index < -0.39 is 0 Å². The number of hydrogen-bond donors (Lipinski definition) is 4. The van der Waals surface area contributed by atoms with Gasteiger partial charge in [-0.1, -0.05) is 54.6 Å². The summed E-state index contributed by atoms with van der Waals surface area (Å²) >= 11 is 0. The number of hydrogen-bond acceptors (Lipinski definition) is 5. The predicted molar refractivity (Wildman–Crippen MR) is 105 cm³/mol. The number of anilines is 1. The molecule has 2 aromatic carbocycles. The topological polar surface area (TPSA) is 94.1 Å². The van der Waals surface area contributed by atoms with Crippen LogP contribution in [0.15, 0.2) is 67.0 Å². The number of benzene rings is 2. The molecule has 4 N–H and O–H groups in total. The predicted octanol–water partition coefficient (Wildman–Crippen LogP) is 3.26. The van der Waals surface area contributed by atoms with Crippen LogP contribution in [0, 0.1) is 0 Å². The van der Waals surface area contributed by atoms with E-state index in [1.54, 1.807) is 0 Å². The lowest BCUT2D eigenvalue weighted by atomic mass is 10.1. The molecule has 0 saturated carbocycles. The van der Waals surface area contributed by atoms with E-state index in [2.05, 4.69) is 20.3 Å². The van der Waals surface area contributed by atoms with Crippen molar-refractivity contribution in [3.8, 4) is 11.3 Å². The van der Waals surface area contributed by atoms with Crippen molar-refractivity contribution in [1.82, 2.24) is 15.0 Å². The molecule has 4 rings (SSSR count). The molecule has 0 aliphatic rings. The van der Waals surface area contributed by atoms with Crippen LogP contribution in [-0.2, 0) is 6.61 Å². The number of nitrogens with zero attached hydrogens (tertiary/aromatic N) is 2. The molecule has 0 aliphatic carbocycles. The molecule has 6 heteroatoms. The van der Waals surface area contributed by atoms with Gasteiger partial charge in [-0.05, 0) is 22.8 Å². The molecular weight excluding hydrogens is 340 g/mol. The third kappa shape index (κ3) is 3.53. The van der Waals surface area contributed by atoms with Crippen LogP contribution in [0.4, 0.5) is 5.82 Å². The zero-order chi connectivity index (χ0) is 18.6. The van der Waals surface area contributed by atoms with Crippen molar-refractivity contribution in [3.63, 3.8) is 0 Å². The summed E-state index contributed by atoms with van der Waals surface area (Å²) in [5.41, 5.74) is 4.49.